The highest BCUT2D eigenvalue weighted by Crippen LogP contribution is 2.30. The molecule has 18 heavy (non-hydrogen) atoms. The molecule has 1 aliphatic heterocycles. The second kappa shape index (κ2) is 8.16. The molecule has 1 fully saturated rings. The smallest absolute Gasteiger partial charge is 0.00928 e. The van der Waals surface area contributed by atoms with Crippen molar-refractivity contribution in [1.82, 2.24) is 10.2 Å². The van der Waals surface area contributed by atoms with Crippen molar-refractivity contribution in [2.45, 2.75) is 71.8 Å². The molecule has 0 aliphatic carbocycles. The number of hydrogen-bond donors (Lipinski definition) is 1. The van der Waals surface area contributed by atoms with Gasteiger partial charge in [0.25, 0.3) is 0 Å². The molecule has 1 atom stereocenters. The molecule has 108 valence electrons. The van der Waals surface area contributed by atoms with Crippen LogP contribution < -0.4 is 5.32 Å². The maximum absolute atomic E-state index is 3.42. The van der Waals surface area contributed by atoms with Crippen LogP contribution in [0.3, 0.4) is 0 Å². The van der Waals surface area contributed by atoms with Gasteiger partial charge in [-0.3, -0.25) is 4.90 Å². The molecule has 0 spiro atoms. The van der Waals surface area contributed by atoms with Crippen LogP contribution in [0, 0.1) is 5.41 Å². The van der Waals surface area contributed by atoms with Crippen LogP contribution in [0.4, 0.5) is 0 Å². The summed E-state index contributed by atoms with van der Waals surface area (Å²) in [7, 11) is 2.10. The standard InChI is InChI=1S/C16H34N2/c1-5-15-11-9-8-10-12-18(15)14-16(6-2,7-3)13-17-4/h15,17H,5-14H2,1-4H3. The summed E-state index contributed by atoms with van der Waals surface area (Å²) >= 11 is 0. The predicted octanol–water partition coefficient (Wildman–Crippen LogP) is 3.67. The highest BCUT2D eigenvalue weighted by atomic mass is 15.2. The van der Waals surface area contributed by atoms with Crippen molar-refractivity contribution in [2.24, 2.45) is 5.41 Å². The lowest BCUT2D eigenvalue weighted by molar-refractivity contribution is 0.0988. The van der Waals surface area contributed by atoms with Crippen LogP contribution >= 0.6 is 0 Å². The Kier molecular flexibility index (Phi) is 7.25. The molecule has 0 aromatic rings. The molecule has 1 saturated heterocycles. The summed E-state index contributed by atoms with van der Waals surface area (Å²) in [6.07, 6.45) is 9.59. The molecular formula is C16H34N2. The highest BCUT2D eigenvalue weighted by molar-refractivity contribution is 4.86. The van der Waals surface area contributed by atoms with E-state index >= 15 is 0 Å². The second-order valence-corrected chi connectivity index (χ2v) is 6.12. The van der Waals surface area contributed by atoms with E-state index in [0.29, 0.717) is 5.41 Å². The molecular weight excluding hydrogens is 220 g/mol. The first-order chi connectivity index (χ1) is 8.71. The topological polar surface area (TPSA) is 15.3 Å². The van der Waals surface area contributed by atoms with Gasteiger partial charge >= 0.3 is 0 Å². The average Bonchev–Trinajstić information content (AvgIpc) is 2.63. The number of nitrogens with zero attached hydrogens (tertiary/aromatic N) is 1. The summed E-state index contributed by atoms with van der Waals surface area (Å²) in [5.41, 5.74) is 0.479. The number of rotatable bonds is 7. The van der Waals surface area contributed by atoms with Gasteiger partial charge < -0.3 is 5.32 Å². The summed E-state index contributed by atoms with van der Waals surface area (Å²) in [4.78, 5) is 2.80. The SMILES string of the molecule is CCC1CCCCCN1CC(CC)(CC)CNC. The van der Waals surface area contributed by atoms with Crippen LogP contribution in [0.25, 0.3) is 0 Å². The van der Waals surface area contributed by atoms with E-state index in [9.17, 15) is 0 Å². The number of likely N-dealkylation sites (tertiary alicyclic amines) is 1. The molecule has 1 N–H and O–H groups in total. The van der Waals surface area contributed by atoms with Gasteiger partial charge in [-0.2, -0.15) is 0 Å². The Morgan fingerprint density at radius 3 is 2.39 bits per heavy atom. The van der Waals surface area contributed by atoms with Gasteiger partial charge in [0.1, 0.15) is 0 Å². The summed E-state index contributed by atoms with van der Waals surface area (Å²) in [6.45, 7) is 10.9. The van der Waals surface area contributed by atoms with Gasteiger partial charge in [-0.1, -0.05) is 33.6 Å². The van der Waals surface area contributed by atoms with Gasteiger partial charge in [0, 0.05) is 19.1 Å². The molecule has 0 bridgehead atoms. The Balaban J connectivity index is 2.69. The van der Waals surface area contributed by atoms with Crippen molar-refractivity contribution >= 4 is 0 Å². The van der Waals surface area contributed by atoms with E-state index in [1.54, 1.807) is 0 Å². The van der Waals surface area contributed by atoms with Crippen molar-refractivity contribution in [1.29, 1.82) is 0 Å². The number of hydrogen-bond acceptors (Lipinski definition) is 2. The fraction of sp³-hybridized carbons (Fsp3) is 1.00. The lowest BCUT2D eigenvalue weighted by Gasteiger charge is -2.40. The first kappa shape index (κ1) is 16.0. The summed E-state index contributed by atoms with van der Waals surface area (Å²) < 4.78 is 0. The van der Waals surface area contributed by atoms with E-state index in [1.807, 2.05) is 0 Å². The van der Waals surface area contributed by atoms with Gasteiger partial charge in [0.05, 0.1) is 0 Å². The zero-order valence-electron chi connectivity index (χ0n) is 13.1. The molecule has 1 rings (SSSR count). The fourth-order valence-electron chi connectivity index (χ4n) is 3.49. The van der Waals surface area contributed by atoms with E-state index in [4.69, 9.17) is 0 Å². The van der Waals surface area contributed by atoms with Gasteiger partial charge in [0.15, 0.2) is 0 Å². The second-order valence-electron chi connectivity index (χ2n) is 6.12. The van der Waals surface area contributed by atoms with E-state index in [0.717, 1.165) is 12.6 Å². The zero-order valence-corrected chi connectivity index (χ0v) is 13.1. The first-order valence-electron chi connectivity index (χ1n) is 8.10. The van der Waals surface area contributed by atoms with E-state index in [1.165, 1.54) is 58.0 Å². The van der Waals surface area contributed by atoms with Crippen molar-refractivity contribution in [3.05, 3.63) is 0 Å². The Hall–Kier alpha value is -0.0800. The van der Waals surface area contributed by atoms with Crippen LogP contribution in [0.5, 0.6) is 0 Å². The monoisotopic (exact) mass is 254 g/mol. The normalized spacial score (nSPS) is 23.0. The summed E-state index contributed by atoms with van der Waals surface area (Å²) in [5, 5.41) is 3.42. The third-order valence-electron chi connectivity index (χ3n) is 5.06. The zero-order chi connectivity index (χ0) is 13.4. The maximum Gasteiger partial charge on any atom is 0.00928 e. The molecule has 0 aromatic carbocycles. The van der Waals surface area contributed by atoms with E-state index in [2.05, 4.69) is 38.0 Å². The fourth-order valence-corrected chi connectivity index (χ4v) is 3.49. The minimum Gasteiger partial charge on any atom is -0.319 e. The highest BCUT2D eigenvalue weighted by Gasteiger charge is 2.31. The molecule has 0 amide bonds. The van der Waals surface area contributed by atoms with E-state index < -0.39 is 0 Å². The van der Waals surface area contributed by atoms with E-state index in [-0.39, 0.29) is 0 Å². The maximum atomic E-state index is 3.42. The lowest BCUT2D eigenvalue weighted by Crippen LogP contribution is -2.46. The van der Waals surface area contributed by atoms with Gasteiger partial charge in [0.2, 0.25) is 0 Å². The molecule has 0 saturated carbocycles. The van der Waals surface area contributed by atoms with Crippen LogP contribution in [0.1, 0.15) is 65.7 Å². The van der Waals surface area contributed by atoms with Crippen molar-refractivity contribution in [2.75, 3.05) is 26.7 Å². The van der Waals surface area contributed by atoms with Gasteiger partial charge in [-0.15, -0.1) is 0 Å². The van der Waals surface area contributed by atoms with Crippen LogP contribution in [0.2, 0.25) is 0 Å². The number of nitrogens with one attached hydrogen (secondary N) is 1. The Morgan fingerprint density at radius 1 is 1.11 bits per heavy atom. The Labute approximate surface area is 115 Å². The molecule has 1 heterocycles. The van der Waals surface area contributed by atoms with Gasteiger partial charge in [-0.05, 0) is 51.1 Å². The lowest BCUT2D eigenvalue weighted by atomic mass is 9.81. The van der Waals surface area contributed by atoms with Crippen molar-refractivity contribution in [3.8, 4) is 0 Å². The quantitative estimate of drug-likeness (QED) is 0.746. The Bertz CT molecular complexity index is 211. The van der Waals surface area contributed by atoms with Crippen LogP contribution in [0.15, 0.2) is 0 Å². The molecule has 1 unspecified atom stereocenters. The van der Waals surface area contributed by atoms with Crippen molar-refractivity contribution in [3.63, 3.8) is 0 Å². The summed E-state index contributed by atoms with van der Waals surface area (Å²) in [5.74, 6) is 0. The van der Waals surface area contributed by atoms with Crippen molar-refractivity contribution < 1.29 is 0 Å². The molecule has 0 radical (unpaired) electrons. The minimum atomic E-state index is 0.479. The minimum absolute atomic E-state index is 0.479. The third-order valence-corrected chi connectivity index (χ3v) is 5.06. The molecule has 2 heteroatoms. The largest absolute Gasteiger partial charge is 0.319 e. The average molecular weight is 254 g/mol. The first-order valence-corrected chi connectivity index (χ1v) is 8.10. The molecule has 2 nitrogen and oxygen atoms in total. The molecule has 0 aromatic heterocycles. The Morgan fingerprint density at radius 2 is 1.83 bits per heavy atom. The van der Waals surface area contributed by atoms with Gasteiger partial charge in [-0.25, -0.2) is 0 Å². The molecule has 1 aliphatic rings. The van der Waals surface area contributed by atoms with Crippen LogP contribution in [-0.2, 0) is 0 Å². The predicted molar refractivity (Wildman–Crippen MR) is 81.1 cm³/mol. The van der Waals surface area contributed by atoms with Crippen LogP contribution in [-0.4, -0.2) is 37.6 Å². The third kappa shape index (κ3) is 4.24. The summed E-state index contributed by atoms with van der Waals surface area (Å²) in [6, 6.07) is 0.835.